The molecule has 1 aliphatic heterocycles. The first-order valence-electron chi connectivity index (χ1n) is 9.06. The fraction of sp³-hybridized carbons (Fsp3) is 0.429. The fourth-order valence-corrected chi connectivity index (χ4v) is 4.48. The quantitative estimate of drug-likeness (QED) is 0.806. The average molecular weight is 371 g/mol. The van der Waals surface area contributed by atoms with Crippen LogP contribution < -0.4 is 0 Å². The zero-order valence-corrected chi connectivity index (χ0v) is 16.5. The number of rotatable bonds is 5. The van der Waals surface area contributed by atoms with E-state index < -0.39 is 5.41 Å². The summed E-state index contributed by atoms with van der Waals surface area (Å²) in [6.07, 6.45) is 1.88. The second kappa shape index (κ2) is 7.62. The monoisotopic (exact) mass is 370 g/mol. The Morgan fingerprint density at radius 3 is 2.46 bits per heavy atom. The van der Waals surface area contributed by atoms with Gasteiger partial charge in [0.25, 0.3) is 0 Å². The van der Waals surface area contributed by atoms with E-state index in [1.165, 1.54) is 11.1 Å². The van der Waals surface area contributed by atoms with Gasteiger partial charge in [0.2, 0.25) is 11.8 Å². The molecule has 1 saturated heterocycles. The molecule has 2 amide bonds. The van der Waals surface area contributed by atoms with Crippen molar-refractivity contribution in [3.05, 3.63) is 46.7 Å². The van der Waals surface area contributed by atoms with Gasteiger partial charge >= 0.3 is 0 Å². The van der Waals surface area contributed by atoms with Crippen molar-refractivity contribution in [2.75, 3.05) is 27.2 Å². The maximum Gasteiger partial charge on any atom is 0.230 e. The van der Waals surface area contributed by atoms with E-state index in [0.29, 0.717) is 25.9 Å². The maximum absolute atomic E-state index is 13.0. The van der Waals surface area contributed by atoms with Crippen molar-refractivity contribution in [1.82, 2.24) is 9.80 Å². The smallest absolute Gasteiger partial charge is 0.230 e. The molecule has 1 fully saturated rings. The van der Waals surface area contributed by atoms with Crippen LogP contribution in [0.2, 0.25) is 0 Å². The number of hydrogen-bond acceptors (Lipinski definition) is 3. The molecular formula is C21H26N2O2S. The second-order valence-electron chi connectivity index (χ2n) is 7.28. The summed E-state index contributed by atoms with van der Waals surface area (Å²) in [6, 6.07) is 10.6. The van der Waals surface area contributed by atoms with Crippen molar-refractivity contribution in [1.29, 1.82) is 0 Å². The number of hydrogen-bond donors (Lipinski definition) is 0. The zero-order valence-electron chi connectivity index (χ0n) is 15.7. The number of likely N-dealkylation sites (tertiary alicyclic amines) is 1. The molecule has 1 aliphatic rings. The van der Waals surface area contributed by atoms with Crippen LogP contribution in [-0.2, 0) is 16.0 Å². The van der Waals surface area contributed by atoms with Gasteiger partial charge in [-0.15, -0.1) is 0 Å². The molecule has 4 nitrogen and oxygen atoms in total. The number of thiophene rings is 1. The Hall–Kier alpha value is -2.14. The zero-order chi connectivity index (χ0) is 18.7. The van der Waals surface area contributed by atoms with Crippen LogP contribution in [0.3, 0.4) is 0 Å². The molecule has 1 aromatic heterocycles. The van der Waals surface area contributed by atoms with E-state index in [2.05, 4.69) is 41.1 Å². The Labute approximate surface area is 159 Å². The second-order valence-corrected chi connectivity index (χ2v) is 8.06. The maximum atomic E-state index is 13.0. The minimum Gasteiger partial charge on any atom is -0.348 e. The molecule has 1 aromatic carbocycles. The highest BCUT2D eigenvalue weighted by Gasteiger charge is 2.46. The van der Waals surface area contributed by atoms with E-state index in [9.17, 15) is 9.59 Å². The normalized spacial score (nSPS) is 19.6. The van der Waals surface area contributed by atoms with Gasteiger partial charge in [-0.25, -0.2) is 0 Å². The van der Waals surface area contributed by atoms with Crippen molar-refractivity contribution in [2.24, 2.45) is 5.41 Å². The highest BCUT2D eigenvalue weighted by Crippen LogP contribution is 2.36. The third kappa shape index (κ3) is 3.68. The number of benzene rings is 1. The van der Waals surface area contributed by atoms with Crippen LogP contribution in [-0.4, -0.2) is 48.8 Å². The molecule has 0 N–H and O–H groups in total. The van der Waals surface area contributed by atoms with Crippen LogP contribution in [0.25, 0.3) is 11.1 Å². The van der Waals surface area contributed by atoms with E-state index in [4.69, 9.17) is 0 Å². The molecule has 2 aromatic rings. The predicted molar refractivity (Wildman–Crippen MR) is 106 cm³/mol. The molecule has 26 heavy (non-hydrogen) atoms. The molecule has 0 unspecified atom stereocenters. The Morgan fingerprint density at radius 2 is 1.88 bits per heavy atom. The van der Waals surface area contributed by atoms with Crippen LogP contribution in [0.1, 0.15) is 25.3 Å². The lowest BCUT2D eigenvalue weighted by molar-refractivity contribution is -0.139. The minimum atomic E-state index is -0.516. The molecule has 1 atom stereocenters. The Morgan fingerprint density at radius 1 is 1.15 bits per heavy atom. The van der Waals surface area contributed by atoms with Crippen LogP contribution >= 0.6 is 11.3 Å². The van der Waals surface area contributed by atoms with Gasteiger partial charge in [-0.1, -0.05) is 31.2 Å². The third-order valence-electron chi connectivity index (χ3n) is 5.22. The van der Waals surface area contributed by atoms with Gasteiger partial charge < -0.3 is 9.80 Å². The first-order chi connectivity index (χ1) is 12.4. The molecule has 0 saturated carbocycles. The summed E-state index contributed by atoms with van der Waals surface area (Å²) in [6.45, 7) is 3.06. The average Bonchev–Trinajstić information content (AvgIpc) is 3.32. The van der Waals surface area contributed by atoms with Crippen molar-refractivity contribution in [3.63, 3.8) is 0 Å². The Kier molecular flexibility index (Phi) is 5.47. The van der Waals surface area contributed by atoms with E-state index >= 15 is 0 Å². The summed E-state index contributed by atoms with van der Waals surface area (Å²) in [4.78, 5) is 28.6. The van der Waals surface area contributed by atoms with Gasteiger partial charge in [0, 0.05) is 33.6 Å². The lowest BCUT2D eigenvalue weighted by atomic mass is 9.79. The number of nitrogens with zero attached hydrogens (tertiary/aromatic N) is 2. The summed E-state index contributed by atoms with van der Waals surface area (Å²) in [7, 11) is 3.60. The predicted octanol–water partition coefficient (Wildman–Crippen LogP) is 3.67. The van der Waals surface area contributed by atoms with Crippen molar-refractivity contribution < 1.29 is 9.59 Å². The van der Waals surface area contributed by atoms with Gasteiger partial charge in [0.05, 0.1) is 5.41 Å². The number of amides is 2. The molecular weight excluding hydrogens is 344 g/mol. The summed E-state index contributed by atoms with van der Waals surface area (Å²) < 4.78 is 0. The van der Waals surface area contributed by atoms with Crippen LogP contribution in [0, 0.1) is 5.41 Å². The molecule has 138 valence electrons. The van der Waals surface area contributed by atoms with Crippen molar-refractivity contribution in [2.45, 2.75) is 26.2 Å². The summed E-state index contributed by atoms with van der Waals surface area (Å²) in [5, 5.41) is 4.21. The SMILES string of the molecule is CCC(=O)N1CC[C@@](Cc2ccc(-c3ccsc3)cc2)(C(=O)N(C)C)C1. The molecule has 2 heterocycles. The first-order valence-corrected chi connectivity index (χ1v) is 10.0. The number of carbonyl (C=O) groups excluding carboxylic acids is 2. The minimum absolute atomic E-state index is 0.116. The van der Waals surface area contributed by atoms with Gasteiger partial charge in [-0.3, -0.25) is 9.59 Å². The molecule has 0 bridgehead atoms. The van der Waals surface area contributed by atoms with E-state index in [-0.39, 0.29) is 11.8 Å². The van der Waals surface area contributed by atoms with Gasteiger partial charge in [0.1, 0.15) is 0 Å². The summed E-state index contributed by atoms with van der Waals surface area (Å²) in [5.41, 5.74) is 3.04. The fourth-order valence-electron chi connectivity index (χ4n) is 3.81. The van der Waals surface area contributed by atoms with E-state index in [1.807, 2.05) is 11.8 Å². The topological polar surface area (TPSA) is 40.6 Å². The van der Waals surface area contributed by atoms with Crippen molar-refractivity contribution in [3.8, 4) is 11.1 Å². The molecule has 3 rings (SSSR count). The van der Waals surface area contributed by atoms with E-state index in [1.54, 1.807) is 30.3 Å². The standard InChI is InChI=1S/C21H26N2O2S/c1-4-19(24)23-11-10-21(15-23,20(25)22(2)3)13-16-5-7-17(8-6-16)18-9-12-26-14-18/h5-9,12,14H,4,10-11,13,15H2,1-3H3/t21-/m0/s1. The lowest BCUT2D eigenvalue weighted by Crippen LogP contribution is -2.44. The summed E-state index contributed by atoms with van der Waals surface area (Å²) in [5.74, 6) is 0.247. The first kappa shape index (κ1) is 18.6. The van der Waals surface area contributed by atoms with Gasteiger partial charge in [0.15, 0.2) is 0 Å². The van der Waals surface area contributed by atoms with E-state index in [0.717, 1.165) is 12.0 Å². The largest absolute Gasteiger partial charge is 0.348 e. The summed E-state index contributed by atoms with van der Waals surface area (Å²) >= 11 is 1.69. The molecule has 0 radical (unpaired) electrons. The molecule has 0 spiro atoms. The molecule has 0 aliphatic carbocycles. The molecule has 5 heteroatoms. The highest BCUT2D eigenvalue weighted by atomic mass is 32.1. The van der Waals surface area contributed by atoms with Gasteiger partial charge in [-0.05, 0) is 46.4 Å². The van der Waals surface area contributed by atoms with Crippen LogP contribution in [0.5, 0.6) is 0 Å². The number of carbonyl (C=O) groups is 2. The highest BCUT2D eigenvalue weighted by molar-refractivity contribution is 7.08. The van der Waals surface area contributed by atoms with Crippen LogP contribution in [0.4, 0.5) is 0 Å². The van der Waals surface area contributed by atoms with Gasteiger partial charge in [-0.2, -0.15) is 11.3 Å². The Balaban J connectivity index is 1.82. The lowest BCUT2D eigenvalue weighted by Gasteiger charge is -2.31. The third-order valence-corrected chi connectivity index (χ3v) is 5.90. The van der Waals surface area contributed by atoms with Crippen molar-refractivity contribution >= 4 is 23.2 Å². The Bertz CT molecular complexity index is 768. The van der Waals surface area contributed by atoms with Crippen LogP contribution in [0.15, 0.2) is 41.1 Å².